The molecule has 0 aromatic heterocycles. The summed E-state index contributed by atoms with van der Waals surface area (Å²) in [6.07, 6.45) is 3.60. The Kier molecular flexibility index (Phi) is 4.46. The van der Waals surface area contributed by atoms with Crippen LogP contribution in [0.5, 0.6) is 0 Å². The van der Waals surface area contributed by atoms with Crippen molar-refractivity contribution in [1.29, 1.82) is 0 Å². The van der Waals surface area contributed by atoms with Gasteiger partial charge >= 0.3 is 5.97 Å². The van der Waals surface area contributed by atoms with Crippen LogP contribution in [0.15, 0.2) is 60.7 Å². The highest BCUT2D eigenvalue weighted by atomic mass is 16.5. The van der Waals surface area contributed by atoms with Crippen LogP contribution in [0.1, 0.15) is 36.0 Å². The van der Waals surface area contributed by atoms with Crippen LogP contribution in [-0.2, 0) is 20.7 Å². The number of ketones is 1. The van der Waals surface area contributed by atoms with Gasteiger partial charge in [-0.3, -0.25) is 9.59 Å². The number of allylic oxidation sites excluding steroid dienone is 2. The van der Waals surface area contributed by atoms with Gasteiger partial charge in [0.1, 0.15) is 5.92 Å². The third kappa shape index (κ3) is 2.78. The van der Waals surface area contributed by atoms with E-state index in [1.807, 2.05) is 42.5 Å². The maximum absolute atomic E-state index is 13.0. The van der Waals surface area contributed by atoms with E-state index in [2.05, 4.69) is 12.1 Å². The first-order valence-corrected chi connectivity index (χ1v) is 9.26. The lowest BCUT2D eigenvalue weighted by Gasteiger charge is -2.40. The van der Waals surface area contributed by atoms with E-state index in [9.17, 15) is 9.59 Å². The SMILES string of the molecule is CCOC(=O)[C@@H]1C(=O)C=C2c3ccccc3CC[C@@H]2[C@H]1c1ccccc1. The maximum atomic E-state index is 13.0. The van der Waals surface area contributed by atoms with Crippen LogP contribution in [0.2, 0.25) is 0 Å². The van der Waals surface area contributed by atoms with Crippen molar-refractivity contribution in [3.8, 4) is 0 Å². The summed E-state index contributed by atoms with van der Waals surface area (Å²) in [5.74, 6) is -1.31. The summed E-state index contributed by atoms with van der Waals surface area (Å²) in [5, 5.41) is 0. The monoisotopic (exact) mass is 346 g/mol. The quantitative estimate of drug-likeness (QED) is 0.619. The van der Waals surface area contributed by atoms with E-state index in [0.717, 1.165) is 29.5 Å². The summed E-state index contributed by atoms with van der Waals surface area (Å²) in [5.41, 5.74) is 4.55. The van der Waals surface area contributed by atoms with Crippen LogP contribution in [0.3, 0.4) is 0 Å². The Balaban J connectivity index is 1.85. The number of benzene rings is 2. The molecule has 26 heavy (non-hydrogen) atoms. The minimum Gasteiger partial charge on any atom is -0.465 e. The second-order valence-electron chi connectivity index (χ2n) is 6.97. The molecule has 2 aliphatic carbocycles. The highest BCUT2D eigenvalue weighted by Crippen LogP contribution is 2.49. The Morgan fingerprint density at radius 3 is 2.58 bits per heavy atom. The number of esters is 1. The van der Waals surface area contributed by atoms with Gasteiger partial charge in [-0.1, -0.05) is 54.6 Å². The van der Waals surface area contributed by atoms with Crippen molar-refractivity contribution >= 4 is 17.3 Å². The van der Waals surface area contributed by atoms with Gasteiger partial charge in [-0.25, -0.2) is 0 Å². The molecule has 0 N–H and O–H groups in total. The van der Waals surface area contributed by atoms with Crippen molar-refractivity contribution in [2.75, 3.05) is 6.61 Å². The molecule has 0 amide bonds. The molecule has 0 bridgehead atoms. The number of carbonyl (C=O) groups excluding carboxylic acids is 2. The zero-order chi connectivity index (χ0) is 18.1. The van der Waals surface area contributed by atoms with Gasteiger partial charge in [0.15, 0.2) is 5.78 Å². The third-order valence-corrected chi connectivity index (χ3v) is 5.57. The van der Waals surface area contributed by atoms with E-state index in [-0.39, 0.29) is 24.2 Å². The highest BCUT2D eigenvalue weighted by Gasteiger charge is 2.46. The second kappa shape index (κ2) is 6.91. The van der Waals surface area contributed by atoms with Crippen LogP contribution < -0.4 is 0 Å². The smallest absolute Gasteiger partial charge is 0.317 e. The van der Waals surface area contributed by atoms with Gasteiger partial charge in [-0.05, 0) is 54.0 Å². The Morgan fingerprint density at radius 2 is 1.81 bits per heavy atom. The minimum absolute atomic E-state index is 0.139. The zero-order valence-electron chi connectivity index (χ0n) is 14.9. The first-order chi connectivity index (χ1) is 12.7. The van der Waals surface area contributed by atoms with E-state index in [0.29, 0.717) is 0 Å². The number of aryl methyl sites for hydroxylation is 1. The Labute approximate surface area is 153 Å². The molecule has 4 rings (SSSR count). The van der Waals surface area contributed by atoms with Crippen LogP contribution in [-0.4, -0.2) is 18.4 Å². The molecule has 0 heterocycles. The van der Waals surface area contributed by atoms with E-state index < -0.39 is 11.9 Å². The predicted octanol–water partition coefficient (Wildman–Crippen LogP) is 4.18. The lowest BCUT2D eigenvalue weighted by Crippen LogP contribution is -2.39. The van der Waals surface area contributed by atoms with Gasteiger partial charge in [0.05, 0.1) is 6.61 Å². The van der Waals surface area contributed by atoms with Crippen LogP contribution >= 0.6 is 0 Å². The summed E-state index contributed by atoms with van der Waals surface area (Å²) < 4.78 is 5.26. The fourth-order valence-electron chi connectivity index (χ4n) is 4.49. The Bertz CT molecular complexity index is 866. The number of hydrogen-bond acceptors (Lipinski definition) is 3. The summed E-state index contributed by atoms with van der Waals surface area (Å²) in [6, 6.07) is 18.2. The molecular formula is C23H22O3. The molecule has 0 aliphatic heterocycles. The van der Waals surface area contributed by atoms with Crippen LogP contribution in [0.4, 0.5) is 0 Å². The van der Waals surface area contributed by atoms with Gasteiger partial charge in [0, 0.05) is 5.92 Å². The molecule has 0 spiro atoms. The van der Waals surface area contributed by atoms with Crippen molar-refractivity contribution < 1.29 is 14.3 Å². The fraction of sp³-hybridized carbons (Fsp3) is 0.304. The molecule has 0 saturated carbocycles. The largest absolute Gasteiger partial charge is 0.465 e. The van der Waals surface area contributed by atoms with Crippen molar-refractivity contribution in [2.24, 2.45) is 11.8 Å². The van der Waals surface area contributed by atoms with E-state index in [1.165, 1.54) is 5.56 Å². The van der Waals surface area contributed by atoms with Gasteiger partial charge in [-0.15, -0.1) is 0 Å². The van der Waals surface area contributed by atoms with Crippen molar-refractivity contribution in [3.05, 3.63) is 77.4 Å². The van der Waals surface area contributed by atoms with Gasteiger partial charge in [0.25, 0.3) is 0 Å². The molecule has 2 aromatic carbocycles. The van der Waals surface area contributed by atoms with Gasteiger partial charge in [-0.2, -0.15) is 0 Å². The average Bonchev–Trinajstić information content (AvgIpc) is 2.67. The minimum atomic E-state index is -0.753. The maximum Gasteiger partial charge on any atom is 0.317 e. The third-order valence-electron chi connectivity index (χ3n) is 5.57. The van der Waals surface area contributed by atoms with E-state index in [1.54, 1.807) is 13.0 Å². The van der Waals surface area contributed by atoms with Crippen molar-refractivity contribution in [2.45, 2.75) is 25.7 Å². The molecule has 2 aromatic rings. The van der Waals surface area contributed by atoms with Crippen LogP contribution in [0, 0.1) is 11.8 Å². The molecule has 0 unspecified atom stereocenters. The normalized spacial score (nSPS) is 24.3. The van der Waals surface area contributed by atoms with Crippen molar-refractivity contribution in [1.82, 2.24) is 0 Å². The average molecular weight is 346 g/mol. The zero-order valence-corrected chi connectivity index (χ0v) is 14.9. The lowest BCUT2D eigenvalue weighted by molar-refractivity contribution is -0.152. The summed E-state index contributed by atoms with van der Waals surface area (Å²) in [7, 11) is 0. The van der Waals surface area contributed by atoms with Gasteiger partial charge in [0.2, 0.25) is 0 Å². The summed E-state index contributed by atoms with van der Waals surface area (Å²) in [4.78, 5) is 25.6. The standard InChI is InChI=1S/C23H22O3/c1-2-26-23(25)22-20(24)14-19-17-11-7-6-8-15(17)12-13-18(19)21(22)16-9-4-3-5-10-16/h3-11,14,18,21-22H,2,12-13H2,1H3/t18-,21+,22+/m0/s1. The Morgan fingerprint density at radius 1 is 1.08 bits per heavy atom. The number of ether oxygens (including phenoxy) is 1. The summed E-state index contributed by atoms with van der Waals surface area (Å²) >= 11 is 0. The van der Waals surface area contributed by atoms with Gasteiger partial charge < -0.3 is 4.74 Å². The lowest BCUT2D eigenvalue weighted by atomic mass is 9.62. The first kappa shape index (κ1) is 16.8. The number of carbonyl (C=O) groups is 2. The molecule has 0 radical (unpaired) electrons. The molecule has 3 nitrogen and oxygen atoms in total. The molecule has 132 valence electrons. The molecule has 0 saturated heterocycles. The van der Waals surface area contributed by atoms with Crippen molar-refractivity contribution in [3.63, 3.8) is 0 Å². The number of hydrogen-bond donors (Lipinski definition) is 0. The molecular weight excluding hydrogens is 324 g/mol. The molecule has 0 fully saturated rings. The van der Waals surface area contributed by atoms with E-state index in [4.69, 9.17) is 4.74 Å². The summed E-state index contributed by atoms with van der Waals surface area (Å²) in [6.45, 7) is 2.06. The van der Waals surface area contributed by atoms with E-state index >= 15 is 0 Å². The first-order valence-electron chi connectivity index (χ1n) is 9.26. The van der Waals surface area contributed by atoms with Crippen LogP contribution in [0.25, 0.3) is 5.57 Å². The Hall–Kier alpha value is -2.68. The molecule has 2 aliphatic rings. The molecule has 3 atom stereocenters. The fourth-order valence-corrected chi connectivity index (χ4v) is 4.49. The predicted molar refractivity (Wildman–Crippen MR) is 101 cm³/mol. The number of rotatable bonds is 3. The topological polar surface area (TPSA) is 43.4 Å². The number of fused-ring (bicyclic) bond motifs is 3. The second-order valence-corrected chi connectivity index (χ2v) is 6.97. The molecule has 3 heteroatoms. The highest BCUT2D eigenvalue weighted by molar-refractivity contribution is 6.11.